The number of carbonyl (C=O) groups excluding carboxylic acids is 1. The monoisotopic (exact) mass is 543 g/mol. The van der Waals surface area contributed by atoms with E-state index in [1.807, 2.05) is 39.8 Å². The maximum absolute atomic E-state index is 14.8. The summed E-state index contributed by atoms with van der Waals surface area (Å²) in [5, 5.41) is 0. The standard InChI is InChI=1S/C31H33F4NO3/c1-16(2)24-13-25(27(38-7)14-26(24)32)28-19(5)8-17(3)10-22(28)15-36-20(6)29(39-30(36)37)21-9-18(4)11-23(12-21)31(33,34)35/h8-14,16,20,29H,15H2,1-7H3/t20-,29-/m0/s1. The van der Waals surface area contributed by atoms with Crippen molar-refractivity contribution in [2.45, 2.75) is 72.3 Å². The topological polar surface area (TPSA) is 38.8 Å². The van der Waals surface area contributed by atoms with Crippen molar-refractivity contribution in [1.29, 1.82) is 0 Å². The maximum Gasteiger partial charge on any atom is 0.416 e. The third-order valence-electron chi connectivity index (χ3n) is 7.26. The summed E-state index contributed by atoms with van der Waals surface area (Å²) in [7, 11) is 1.48. The van der Waals surface area contributed by atoms with E-state index >= 15 is 0 Å². The molecule has 1 amide bonds. The van der Waals surface area contributed by atoms with Gasteiger partial charge in [0.25, 0.3) is 0 Å². The number of carbonyl (C=O) groups is 1. The van der Waals surface area contributed by atoms with Crippen molar-refractivity contribution in [2.75, 3.05) is 7.11 Å². The Kier molecular flexibility index (Phi) is 7.70. The molecule has 0 saturated carbocycles. The second kappa shape index (κ2) is 10.5. The predicted molar refractivity (Wildman–Crippen MR) is 142 cm³/mol. The Hall–Kier alpha value is -3.55. The van der Waals surface area contributed by atoms with Crippen molar-refractivity contribution >= 4 is 6.09 Å². The van der Waals surface area contributed by atoms with Crippen molar-refractivity contribution < 1.29 is 31.8 Å². The van der Waals surface area contributed by atoms with Crippen LogP contribution in [0.2, 0.25) is 0 Å². The highest BCUT2D eigenvalue weighted by molar-refractivity contribution is 5.79. The summed E-state index contributed by atoms with van der Waals surface area (Å²) in [6, 6.07) is 10.4. The smallest absolute Gasteiger partial charge is 0.416 e. The van der Waals surface area contributed by atoms with E-state index in [-0.39, 0.29) is 18.3 Å². The van der Waals surface area contributed by atoms with Crippen LogP contribution in [0.1, 0.15) is 71.7 Å². The minimum absolute atomic E-state index is 0.0610. The average molecular weight is 544 g/mol. The molecular weight excluding hydrogens is 510 g/mol. The number of benzene rings is 3. The molecule has 1 saturated heterocycles. The molecule has 0 bridgehead atoms. The molecule has 8 heteroatoms. The maximum atomic E-state index is 14.8. The van der Waals surface area contributed by atoms with Gasteiger partial charge in [0, 0.05) is 11.6 Å². The van der Waals surface area contributed by atoms with E-state index in [4.69, 9.17) is 9.47 Å². The summed E-state index contributed by atoms with van der Waals surface area (Å²) in [4.78, 5) is 14.6. The van der Waals surface area contributed by atoms with Crippen LogP contribution >= 0.6 is 0 Å². The normalized spacial score (nSPS) is 17.6. The Bertz CT molecular complexity index is 1410. The molecule has 3 aromatic rings. The van der Waals surface area contributed by atoms with Gasteiger partial charge in [-0.05, 0) is 79.6 Å². The van der Waals surface area contributed by atoms with Crippen molar-refractivity contribution in [3.05, 3.63) is 87.2 Å². The number of alkyl halides is 3. The molecule has 0 spiro atoms. The lowest BCUT2D eigenvalue weighted by Crippen LogP contribution is -2.31. The molecule has 3 aromatic carbocycles. The number of hydrogen-bond donors (Lipinski definition) is 0. The van der Waals surface area contributed by atoms with Crippen LogP contribution in [0.15, 0.2) is 42.5 Å². The van der Waals surface area contributed by atoms with Gasteiger partial charge in [0.05, 0.1) is 25.3 Å². The minimum Gasteiger partial charge on any atom is -0.496 e. The Morgan fingerprint density at radius 2 is 1.67 bits per heavy atom. The fourth-order valence-corrected chi connectivity index (χ4v) is 5.43. The zero-order chi connectivity index (χ0) is 28.8. The number of nitrogens with zero attached hydrogens (tertiary/aromatic N) is 1. The van der Waals surface area contributed by atoms with E-state index in [9.17, 15) is 22.4 Å². The quantitative estimate of drug-likeness (QED) is 0.292. The summed E-state index contributed by atoms with van der Waals surface area (Å²) in [5.74, 6) is -0.0403. The number of halogens is 4. The second-order valence-corrected chi connectivity index (χ2v) is 10.6. The number of aryl methyl sites for hydroxylation is 3. The SMILES string of the molecule is COc1cc(F)c(C(C)C)cc1-c1c(C)cc(C)cc1CN1C(=O)O[C@H](c2cc(C)cc(C(F)(F)F)c2)[C@@H]1C. The fraction of sp³-hybridized carbons (Fsp3) is 0.387. The van der Waals surface area contributed by atoms with E-state index in [2.05, 4.69) is 0 Å². The lowest BCUT2D eigenvalue weighted by atomic mass is 9.89. The Morgan fingerprint density at radius 3 is 2.28 bits per heavy atom. The molecule has 4 nitrogen and oxygen atoms in total. The van der Waals surface area contributed by atoms with Gasteiger partial charge in [0.2, 0.25) is 0 Å². The van der Waals surface area contributed by atoms with Gasteiger partial charge in [0.1, 0.15) is 17.7 Å². The number of rotatable bonds is 6. The van der Waals surface area contributed by atoms with Crippen LogP contribution in [0.4, 0.5) is 22.4 Å². The van der Waals surface area contributed by atoms with Crippen LogP contribution in [0.25, 0.3) is 11.1 Å². The summed E-state index contributed by atoms with van der Waals surface area (Å²) < 4.78 is 66.4. The van der Waals surface area contributed by atoms with Gasteiger partial charge in [-0.15, -0.1) is 0 Å². The lowest BCUT2D eigenvalue weighted by molar-refractivity contribution is -0.137. The zero-order valence-electron chi connectivity index (χ0n) is 23.2. The van der Waals surface area contributed by atoms with E-state index in [0.717, 1.165) is 34.4 Å². The summed E-state index contributed by atoms with van der Waals surface area (Å²) >= 11 is 0. The highest BCUT2D eigenvalue weighted by Crippen LogP contribution is 2.42. The first-order chi connectivity index (χ1) is 18.2. The lowest BCUT2D eigenvalue weighted by Gasteiger charge is -2.25. The first-order valence-electron chi connectivity index (χ1n) is 12.8. The molecule has 0 radical (unpaired) electrons. The van der Waals surface area contributed by atoms with Gasteiger partial charge in [-0.2, -0.15) is 13.2 Å². The van der Waals surface area contributed by atoms with Crippen LogP contribution in [0, 0.1) is 26.6 Å². The van der Waals surface area contributed by atoms with Crippen LogP contribution in [-0.2, 0) is 17.5 Å². The van der Waals surface area contributed by atoms with Gasteiger partial charge in [0.15, 0.2) is 0 Å². The van der Waals surface area contributed by atoms with Crippen LogP contribution in [0.3, 0.4) is 0 Å². The number of cyclic esters (lactones) is 1. The van der Waals surface area contributed by atoms with Gasteiger partial charge < -0.3 is 9.47 Å². The molecule has 1 heterocycles. The molecule has 1 aliphatic heterocycles. The molecule has 39 heavy (non-hydrogen) atoms. The summed E-state index contributed by atoms with van der Waals surface area (Å²) in [6.07, 6.45) is -5.98. The third kappa shape index (κ3) is 5.60. The molecule has 2 atom stereocenters. The third-order valence-corrected chi connectivity index (χ3v) is 7.26. The van der Waals surface area contributed by atoms with E-state index < -0.39 is 30.0 Å². The van der Waals surface area contributed by atoms with Gasteiger partial charge in [-0.1, -0.05) is 43.2 Å². The molecule has 4 rings (SSSR count). The van der Waals surface area contributed by atoms with Gasteiger partial charge >= 0.3 is 12.3 Å². The molecular formula is C31H33F4NO3. The van der Waals surface area contributed by atoms with Crippen LogP contribution < -0.4 is 4.74 Å². The van der Waals surface area contributed by atoms with Gasteiger partial charge in [-0.3, -0.25) is 4.90 Å². The Balaban J connectivity index is 1.77. The molecule has 208 valence electrons. The molecule has 1 aliphatic rings. The van der Waals surface area contributed by atoms with E-state index in [0.29, 0.717) is 28.0 Å². The number of hydrogen-bond acceptors (Lipinski definition) is 3. The second-order valence-electron chi connectivity index (χ2n) is 10.6. The number of amides is 1. The Morgan fingerprint density at radius 1 is 1.00 bits per heavy atom. The van der Waals surface area contributed by atoms with Crippen molar-refractivity contribution in [2.24, 2.45) is 0 Å². The molecule has 0 aliphatic carbocycles. The van der Waals surface area contributed by atoms with Crippen LogP contribution in [0.5, 0.6) is 5.75 Å². The zero-order valence-corrected chi connectivity index (χ0v) is 23.2. The number of ether oxygens (including phenoxy) is 2. The molecule has 1 fully saturated rings. The number of methoxy groups -OCH3 is 1. The van der Waals surface area contributed by atoms with Gasteiger partial charge in [-0.25, -0.2) is 9.18 Å². The average Bonchev–Trinajstić information content (AvgIpc) is 3.11. The van der Waals surface area contributed by atoms with E-state index in [1.54, 1.807) is 26.0 Å². The first-order valence-corrected chi connectivity index (χ1v) is 12.8. The predicted octanol–water partition coefficient (Wildman–Crippen LogP) is 8.65. The fourth-order valence-electron chi connectivity index (χ4n) is 5.43. The van der Waals surface area contributed by atoms with Crippen molar-refractivity contribution in [3.8, 4) is 16.9 Å². The highest BCUT2D eigenvalue weighted by atomic mass is 19.4. The molecule has 0 N–H and O–H groups in total. The van der Waals surface area contributed by atoms with Crippen molar-refractivity contribution in [1.82, 2.24) is 4.90 Å². The summed E-state index contributed by atoms with van der Waals surface area (Å²) in [6.45, 7) is 11.2. The summed E-state index contributed by atoms with van der Waals surface area (Å²) in [5.41, 5.74) is 4.73. The first kappa shape index (κ1) is 28.5. The van der Waals surface area contributed by atoms with Crippen LogP contribution in [-0.4, -0.2) is 24.1 Å². The van der Waals surface area contributed by atoms with Crippen molar-refractivity contribution in [3.63, 3.8) is 0 Å². The highest BCUT2D eigenvalue weighted by Gasteiger charge is 2.41. The minimum atomic E-state index is -4.51. The van der Waals surface area contributed by atoms with E-state index in [1.165, 1.54) is 18.1 Å². The largest absolute Gasteiger partial charge is 0.496 e. The molecule has 0 unspecified atom stereocenters. The Labute approximate surface area is 226 Å². The molecule has 0 aromatic heterocycles.